The number of hydrogen-bond acceptors (Lipinski definition) is 8. The fourth-order valence-electron chi connectivity index (χ4n) is 3.37. The monoisotopic (exact) mass is 445 g/mol. The molecule has 2 aliphatic rings. The largest absolute Gasteiger partial charge is 0.444 e. The van der Waals surface area contributed by atoms with Crippen LogP contribution in [0.2, 0.25) is 0 Å². The van der Waals surface area contributed by atoms with Crippen molar-refractivity contribution in [1.29, 1.82) is 0 Å². The molecule has 2 heterocycles. The van der Waals surface area contributed by atoms with E-state index in [1.165, 1.54) is 20.0 Å². The first-order valence-electron chi connectivity index (χ1n) is 10.6. The molecule has 1 amide bonds. The summed E-state index contributed by atoms with van der Waals surface area (Å²) < 4.78 is 15.6. The molecule has 0 bridgehead atoms. The lowest BCUT2D eigenvalue weighted by molar-refractivity contribution is -0.222. The van der Waals surface area contributed by atoms with E-state index in [2.05, 4.69) is 10.2 Å². The normalized spacial score (nSPS) is 19.2. The molecule has 1 N–H and O–H groups in total. The standard InChI is InChI=1S/C23H31N3O6/c1-22(2,3)32-21(29)26-11-9-25(10-12-26)15-16-7-6-8-17(13-16)24-14-18-19(27)30-23(4,5)31-20(18)28/h6-8,13-14,24H,9-12,15H2,1-5H3. The third kappa shape index (κ3) is 6.46. The zero-order valence-corrected chi connectivity index (χ0v) is 19.3. The Kier molecular flexibility index (Phi) is 6.78. The van der Waals surface area contributed by atoms with Gasteiger partial charge in [0.15, 0.2) is 5.57 Å². The molecule has 0 spiro atoms. The Labute approximate surface area is 188 Å². The van der Waals surface area contributed by atoms with Crippen molar-refractivity contribution in [2.24, 2.45) is 0 Å². The van der Waals surface area contributed by atoms with Crippen LogP contribution in [0.4, 0.5) is 10.5 Å². The summed E-state index contributed by atoms with van der Waals surface area (Å²) in [5, 5.41) is 2.97. The van der Waals surface area contributed by atoms with Gasteiger partial charge in [-0.2, -0.15) is 0 Å². The number of nitrogens with zero attached hydrogens (tertiary/aromatic N) is 2. The molecule has 174 valence electrons. The van der Waals surface area contributed by atoms with E-state index >= 15 is 0 Å². The Bertz CT molecular complexity index is 889. The lowest BCUT2D eigenvalue weighted by Gasteiger charge is -2.35. The Morgan fingerprint density at radius 1 is 1.12 bits per heavy atom. The van der Waals surface area contributed by atoms with Gasteiger partial charge in [0.1, 0.15) is 5.60 Å². The molecule has 0 aliphatic carbocycles. The minimum Gasteiger partial charge on any atom is -0.444 e. The van der Waals surface area contributed by atoms with Gasteiger partial charge in [0.05, 0.1) is 0 Å². The number of benzene rings is 1. The van der Waals surface area contributed by atoms with E-state index < -0.39 is 23.3 Å². The maximum Gasteiger partial charge on any atom is 0.410 e. The predicted octanol–water partition coefficient (Wildman–Crippen LogP) is 2.87. The molecule has 32 heavy (non-hydrogen) atoms. The van der Waals surface area contributed by atoms with Gasteiger partial charge in [0.25, 0.3) is 5.79 Å². The second-order valence-corrected chi connectivity index (χ2v) is 9.33. The first kappa shape index (κ1) is 23.6. The summed E-state index contributed by atoms with van der Waals surface area (Å²) in [6.07, 6.45) is 1.03. The van der Waals surface area contributed by atoms with Gasteiger partial charge < -0.3 is 24.4 Å². The first-order valence-corrected chi connectivity index (χ1v) is 10.6. The summed E-state index contributed by atoms with van der Waals surface area (Å²) >= 11 is 0. The number of anilines is 1. The van der Waals surface area contributed by atoms with E-state index in [4.69, 9.17) is 14.2 Å². The summed E-state index contributed by atoms with van der Waals surface area (Å²) in [6, 6.07) is 7.68. The summed E-state index contributed by atoms with van der Waals surface area (Å²) in [6.45, 7) is 12.0. The van der Waals surface area contributed by atoms with E-state index in [9.17, 15) is 14.4 Å². The van der Waals surface area contributed by atoms with Crippen LogP contribution in [0.5, 0.6) is 0 Å². The second-order valence-electron chi connectivity index (χ2n) is 9.33. The molecule has 2 fully saturated rings. The Balaban J connectivity index is 1.54. The zero-order valence-electron chi connectivity index (χ0n) is 19.3. The minimum absolute atomic E-state index is 0.187. The van der Waals surface area contributed by atoms with E-state index in [1.807, 2.05) is 45.0 Å². The number of amides is 1. The summed E-state index contributed by atoms with van der Waals surface area (Å²) in [5.41, 5.74) is 1.10. The average molecular weight is 446 g/mol. The molecule has 0 unspecified atom stereocenters. The summed E-state index contributed by atoms with van der Waals surface area (Å²) in [5.74, 6) is -2.71. The molecule has 2 saturated heterocycles. The fraction of sp³-hybridized carbons (Fsp3) is 0.522. The molecule has 0 atom stereocenters. The van der Waals surface area contributed by atoms with Crippen molar-refractivity contribution in [1.82, 2.24) is 9.80 Å². The Hall–Kier alpha value is -3.07. The van der Waals surface area contributed by atoms with Crippen molar-refractivity contribution >= 4 is 23.7 Å². The summed E-state index contributed by atoms with van der Waals surface area (Å²) in [4.78, 5) is 40.3. The van der Waals surface area contributed by atoms with Gasteiger partial charge in [-0.15, -0.1) is 0 Å². The molecule has 1 aromatic rings. The number of nitrogens with one attached hydrogen (secondary N) is 1. The lowest BCUT2D eigenvalue weighted by atomic mass is 10.1. The van der Waals surface area contributed by atoms with E-state index in [1.54, 1.807) is 4.90 Å². The number of ether oxygens (including phenoxy) is 3. The van der Waals surface area contributed by atoms with Crippen molar-refractivity contribution in [3.05, 3.63) is 41.6 Å². The second kappa shape index (κ2) is 9.20. The zero-order chi connectivity index (χ0) is 23.5. The highest BCUT2D eigenvalue weighted by molar-refractivity contribution is 6.15. The van der Waals surface area contributed by atoms with Gasteiger partial charge in [-0.1, -0.05) is 12.1 Å². The van der Waals surface area contributed by atoms with Crippen LogP contribution in [0.25, 0.3) is 0 Å². The number of piperazine rings is 1. The van der Waals surface area contributed by atoms with Crippen LogP contribution >= 0.6 is 0 Å². The average Bonchev–Trinajstić information content (AvgIpc) is 2.66. The first-order chi connectivity index (χ1) is 14.9. The predicted molar refractivity (Wildman–Crippen MR) is 117 cm³/mol. The van der Waals surface area contributed by atoms with Gasteiger partial charge >= 0.3 is 18.0 Å². The Morgan fingerprint density at radius 3 is 2.34 bits per heavy atom. The quantitative estimate of drug-likeness (QED) is 0.429. The van der Waals surface area contributed by atoms with Gasteiger partial charge in [-0.05, 0) is 38.5 Å². The fourth-order valence-corrected chi connectivity index (χ4v) is 3.37. The topological polar surface area (TPSA) is 97.4 Å². The number of carbonyl (C=O) groups excluding carboxylic acids is 3. The van der Waals surface area contributed by atoms with Crippen LogP contribution in [-0.2, 0) is 30.3 Å². The molecule has 0 aromatic heterocycles. The number of carbonyl (C=O) groups is 3. The molecule has 9 nitrogen and oxygen atoms in total. The van der Waals surface area contributed by atoms with Crippen LogP contribution in [0.1, 0.15) is 40.2 Å². The molecular formula is C23H31N3O6. The van der Waals surface area contributed by atoms with Gasteiger partial charge in [0, 0.05) is 58.5 Å². The van der Waals surface area contributed by atoms with Crippen LogP contribution in [0, 0.1) is 0 Å². The highest BCUT2D eigenvalue weighted by Crippen LogP contribution is 2.23. The molecular weight excluding hydrogens is 414 g/mol. The number of cyclic esters (lactones) is 2. The van der Waals surface area contributed by atoms with E-state index in [-0.39, 0.29) is 11.7 Å². The van der Waals surface area contributed by atoms with Crippen LogP contribution in [0.3, 0.4) is 0 Å². The number of hydrogen-bond donors (Lipinski definition) is 1. The Morgan fingerprint density at radius 2 is 1.75 bits per heavy atom. The van der Waals surface area contributed by atoms with Crippen LogP contribution < -0.4 is 5.32 Å². The SMILES string of the molecule is CC(C)(C)OC(=O)N1CCN(Cc2cccc(NC=C3C(=O)OC(C)(C)OC3=O)c2)CC1. The van der Waals surface area contributed by atoms with Crippen molar-refractivity contribution in [2.45, 2.75) is 52.6 Å². The highest BCUT2D eigenvalue weighted by Gasteiger charge is 2.39. The molecule has 9 heteroatoms. The summed E-state index contributed by atoms with van der Waals surface area (Å²) in [7, 11) is 0. The van der Waals surface area contributed by atoms with Gasteiger partial charge in [-0.25, -0.2) is 14.4 Å². The highest BCUT2D eigenvalue weighted by atomic mass is 16.7. The molecule has 1 aromatic carbocycles. The molecule has 3 rings (SSSR count). The molecule has 0 saturated carbocycles. The molecule has 2 aliphatic heterocycles. The third-order valence-corrected chi connectivity index (χ3v) is 4.86. The van der Waals surface area contributed by atoms with Crippen molar-refractivity contribution in [2.75, 3.05) is 31.5 Å². The van der Waals surface area contributed by atoms with E-state index in [0.29, 0.717) is 19.6 Å². The van der Waals surface area contributed by atoms with Crippen molar-refractivity contribution < 1.29 is 28.6 Å². The lowest BCUT2D eigenvalue weighted by Crippen LogP contribution is -2.49. The van der Waals surface area contributed by atoms with E-state index in [0.717, 1.165) is 24.3 Å². The maximum atomic E-state index is 12.2. The van der Waals surface area contributed by atoms with Crippen molar-refractivity contribution in [3.63, 3.8) is 0 Å². The van der Waals surface area contributed by atoms with Crippen molar-refractivity contribution in [3.8, 4) is 0 Å². The molecule has 0 radical (unpaired) electrons. The minimum atomic E-state index is -1.26. The number of esters is 2. The third-order valence-electron chi connectivity index (χ3n) is 4.86. The van der Waals surface area contributed by atoms with Crippen LogP contribution in [0.15, 0.2) is 36.0 Å². The number of rotatable bonds is 4. The van der Waals surface area contributed by atoms with Gasteiger partial charge in [0.2, 0.25) is 0 Å². The smallest absolute Gasteiger partial charge is 0.410 e. The van der Waals surface area contributed by atoms with Crippen LogP contribution in [-0.4, -0.2) is 65.4 Å². The van der Waals surface area contributed by atoms with Gasteiger partial charge in [-0.3, -0.25) is 4.90 Å². The maximum absolute atomic E-state index is 12.2.